The summed E-state index contributed by atoms with van der Waals surface area (Å²) in [7, 11) is 0. The van der Waals surface area contributed by atoms with Gasteiger partial charge in [0.25, 0.3) is 5.91 Å². The fourth-order valence-electron chi connectivity index (χ4n) is 0.988. The highest BCUT2D eigenvalue weighted by Gasteiger charge is 2.09. The van der Waals surface area contributed by atoms with Crippen LogP contribution in [0.5, 0.6) is 0 Å². The third-order valence-corrected chi connectivity index (χ3v) is 1.72. The number of nitrogen functional groups attached to an aromatic ring is 1. The first-order valence-corrected chi connectivity index (χ1v) is 4.60. The Balaban J connectivity index is 2.65. The maximum absolute atomic E-state index is 11.5. The highest BCUT2D eigenvalue weighted by Crippen LogP contribution is 2.06. The number of hydrogen-bond acceptors (Lipinski definition) is 3. The van der Waals surface area contributed by atoms with Crippen molar-refractivity contribution in [1.29, 1.82) is 0 Å². The Bertz CT molecular complexity index is 323. The van der Waals surface area contributed by atoms with Crippen molar-refractivity contribution in [3.63, 3.8) is 0 Å². The lowest BCUT2D eigenvalue weighted by atomic mass is 10.2. The van der Waals surface area contributed by atoms with Gasteiger partial charge in [-0.05, 0) is 18.1 Å². The van der Waals surface area contributed by atoms with Gasteiger partial charge in [0.05, 0.1) is 5.69 Å². The van der Waals surface area contributed by atoms with Crippen LogP contribution >= 0.6 is 0 Å². The number of carbonyl (C=O) groups excluding carboxylic acids is 1. The van der Waals surface area contributed by atoms with E-state index in [4.69, 9.17) is 5.73 Å². The van der Waals surface area contributed by atoms with Crippen molar-refractivity contribution < 1.29 is 4.79 Å². The highest BCUT2D eigenvalue weighted by molar-refractivity contribution is 5.96. The van der Waals surface area contributed by atoms with Gasteiger partial charge in [-0.25, -0.2) is 4.98 Å². The lowest BCUT2D eigenvalue weighted by Gasteiger charge is -2.07. The second kappa shape index (κ2) is 4.60. The summed E-state index contributed by atoms with van der Waals surface area (Å²) >= 11 is 0. The summed E-state index contributed by atoms with van der Waals surface area (Å²) in [6.07, 6.45) is 1.56. The third-order valence-electron chi connectivity index (χ3n) is 1.72. The molecule has 14 heavy (non-hydrogen) atoms. The molecule has 3 N–H and O–H groups in total. The standard InChI is InChI=1S/C10H15N3O/c1-7(2)6-13-10(14)9-8(11)4-3-5-12-9/h3-5,7H,6,11H2,1-2H3,(H,13,14). The van der Waals surface area contributed by atoms with Gasteiger partial charge in [0.1, 0.15) is 0 Å². The van der Waals surface area contributed by atoms with Crippen molar-refractivity contribution in [3.8, 4) is 0 Å². The van der Waals surface area contributed by atoms with Crippen LogP contribution in [0.25, 0.3) is 0 Å². The average molecular weight is 193 g/mol. The molecule has 0 aliphatic carbocycles. The normalized spacial score (nSPS) is 10.2. The van der Waals surface area contributed by atoms with Gasteiger partial charge in [0.15, 0.2) is 5.69 Å². The minimum Gasteiger partial charge on any atom is -0.397 e. The van der Waals surface area contributed by atoms with Gasteiger partial charge in [0.2, 0.25) is 0 Å². The molecule has 1 aromatic heterocycles. The summed E-state index contributed by atoms with van der Waals surface area (Å²) in [5.74, 6) is 0.209. The largest absolute Gasteiger partial charge is 0.397 e. The molecule has 4 nitrogen and oxygen atoms in total. The van der Waals surface area contributed by atoms with Crippen molar-refractivity contribution in [2.75, 3.05) is 12.3 Å². The van der Waals surface area contributed by atoms with Crippen LogP contribution in [0, 0.1) is 5.92 Å². The van der Waals surface area contributed by atoms with Crippen LogP contribution in [0.3, 0.4) is 0 Å². The number of hydrogen-bond donors (Lipinski definition) is 2. The van der Waals surface area contributed by atoms with Gasteiger partial charge in [-0.3, -0.25) is 4.79 Å². The summed E-state index contributed by atoms with van der Waals surface area (Å²) in [6.45, 7) is 4.69. The molecular weight excluding hydrogens is 178 g/mol. The molecule has 0 aromatic carbocycles. The molecule has 0 atom stereocenters. The van der Waals surface area contributed by atoms with E-state index in [0.717, 1.165) is 0 Å². The molecule has 4 heteroatoms. The fourth-order valence-corrected chi connectivity index (χ4v) is 0.988. The molecule has 1 amide bonds. The molecule has 0 saturated heterocycles. The Morgan fingerprint density at radius 1 is 1.64 bits per heavy atom. The molecular formula is C10H15N3O. The van der Waals surface area contributed by atoms with Crippen molar-refractivity contribution in [2.45, 2.75) is 13.8 Å². The van der Waals surface area contributed by atoms with Crippen LogP contribution in [0.1, 0.15) is 24.3 Å². The summed E-state index contributed by atoms with van der Waals surface area (Å²) in [5, 5.41) is 2.76. The van der Waals surface area contributed by atoms with Crippen LogP contribution in [-0.2, 0) is 0 Å². The molecule has 0 bridgehead atoms. The minimum absolute atomic E-state index is 0.211. The lowest BCUT2D eigenvalue weighted by molar-refractivity contribution is 0.0945. The molecule has 1 aromatic rings. The van der Waals surface area contributed by atoms with Crippen LogP contribution in [0.4, 0.5) is 5.69 Å². The number of rotatable bonds is 3. The van der Waals surface area contributed by atoms with Crippen molar-refractivity contribution in [2.24, 2.45) is 5.92 Å². The fraction of sp³-hybridized carbons (Fsp3) is 0.400. The Morgan fingerprint density at radius 3 is 2.93 bits per heavy atom. The highest BCUT2D eigenvalue weighted by atomic mass is 16.1. The first-order valence-electron chi connectivity index (χ1n) is 4.60. The predicted octanol–water partition coefficient (Wildman–Crippen LogP) is 1.05. The molecule has 0 unspecified atom stereocenters. The van der Waals surface area contributed by atoms with Crippen LogP contribution < -0.4 is 11.1 Å². The SMILES string of the molecule is CC(C)CNC(=O)c1ncccc1N. The van der Waals surface area contributed by atoms with E-state index in [9.17, 15) is 4.79 Å². The number of amides is 1. The lowest BCUT2D eigenvalue weighted by Crippen LogP contribution is -2.28. The van der Waals surface area contributed by atoms with Gasteiger partial charge < -0.3 is 11.1 Å². The molecule has 76 valence electrons. The van der Waals surface area contributed by atoms with E-state index in [1.165, 1.54) is 0 Å². The quantitative estimate of drug-likeness (QED) is 0.754. The Kier molecular flexibility index (Phi) is 3.45. The molecule has 0 radical (unpaired) electrons. The average Bonchev–Trinajstić information content (AvgIpc) is 2.15. The number of nitrogens with two attached hydrogens (primary N) is 1. The van der Waals surface area contributed by atoms with Gasteiger partial charge in [-0.1, -0.05) is 13.8 Å². The number of pyridine rings is 1. The summed E-state index contributed by atoms with van der Waals surface area (Å²) in [5.41, 5.74) is 6.31. The number of nitrogens with zero attached hydrogens (tertiary/aromatic N) is 1. The molecule has 0 aliphatic heterocycles. The monoisotopic (exact) mass is 193 g/mol. The summed E-state index contributed by atoms with van der Waals surface area (Å²) < 4.78 is 0. The van der Waals surface area contributed by atoms with E-state index in [1.54, 1.807) is 18.3 Å². The second-order valence-electron chi connectivity index (χ2n) is 3.55. The second-order valence-corrected chi connectivity index (χ2v) is 3.55. The van der Waals surface area contributed by atoms with E-state index in [2.05, 4.69) is 10.3 Å². The first kappa shape index (κ1) is 10.5. The minimum atomic E-state index is -0.211. The van der Waals surface area contributed by atoms with E-state index < -0.39 is 0 Å². The smallest absolute Gasteiger partial charge is 0.272 e. The third kappa shape index (κ3) is 2.73. The number of carbonyl (C=O) groups is 1. The summed E-state index contributed by atoms with van der Waals surface area (Å²) in [6, 6.07) is 3.37. The van der Waals surface area contributed by atoms with Gasteiger partial charge >= 0.3 is 0 Å². The van der Waals surface area contributed by atoms with Gasteiger partial charge in [-0.2, -0.15) is 0 Å². The van der Waals surface area contributed by atoms with Gasteiger partial charge in [-0.15, -0.1) is 0 Å². The topological polar surface area (TPSA) is 68.0 Å². The zero-order chi connectivity index (χ0) is 10.6. The van der Waals surface area contributed by atoms with E-state index in [0.29, 0.717) is 23.8 Å². The van der Waals surface area contributed by atoms with E-state index >= 15 is 0 Å². The Morgan fingerprint density at radius 2 is 2.36 bits per heavy atom. The molecule has 1 rings (SSSR count). The molecule has 1 heterocycles. The summed E-state index contributed by atoms with van der Waals surface area (Å²) in [4.78, 5) is 15.4. The number of aromatic nitrogens is 1. The molecule has 0 fully saturated rings. The number of nitrogens with one attached hydrogen (secondary N) is 1. The zero-order valence-electron chi connectivity index (χ0n) is 8.45. The van der Waals surface area contributed by atoms with Crippen molar-refractivity contribution in [1.82, 2.24) is 10.3 Å². The predicted molar refractivity (Wildman–Crippen MR) is 55.8 cm³/mol. The van der Waals surface area contributed by atoms with Crippen LogP contribution in [0.2, 0.25) is 0 Å². The van der Waals surface area contributed by atoms with E-state index in [-0.39, 0.29) is 5.91 Å². The maximum atomic E-state index is 11.5. The maximum Gasteiger partial charge on any atom is 0.272 e. The van der Waals surface area contributed by atoms with Crippen molar-refractivity contribution >= 4 is 11.6 Å². The van der Waals surface area contributed by atoms with Crippen molar-refractivity contribution in [3.05, 3.63) is 24.0 Å². The van der Waals surface area contributed by atoms with E-state index in [1.807, 2.05) is 13.8 Å². The molecule has 0 spiro atoms. The first-order chi connectivity index (χ1) is 6.61. The Labute approximate surface area is 83.5 Å². The molecule has 0 aliphatic rings. The van der Waals surface area contributed by atoms with Gasteiger partial charge in [0, 0.05) is 12.7 Å². The zero-order valence-corrected chi connectivity index (χ0v) is 8.45. The number of anilines is 1. The van der Waals surface area contributed by atoms with Crippen LogP contribution in [0.15, 0.2) is 18.3 Å². The Hall–Kier alpha value is -1.58. The molecule has 0 saturated carbocycles. The van der Waals surface area contributed by atoms with Crippen LogP contribution in [-0.4, -0.2) is 17.4 Å².